The summed E-state index contributed by atoms with van der Waals surface area (Å²) in [6.45, 7) is 8.44. The molecule has 0 aliphatic carbocycles. The molecule has 2 N–H and O–H groups in total. The van der Waals surface area contributed by atoms with Gasteiger partial charge in [0.2, 0.25) is 15.9 Å². The van der Waals surface area contributed by atoms with E-state index in [2.05, 4.69) is 22.1 Å². The number of nitrogens with zero attached hydrogens (tertiary/aromatic N) is 2. The van der Waals surface area contributed by atoms with Gasteiger partial charge in [0, 0.05) is 50.9 Å². The van der Waals surface area contributed by atoms with Crippen LogP contribution in [0.1, 0.15) is 23.2 Å². The predicted octanol–water partition coefficient (Wildman–Crippen LogP) is 0.204. The smallest absolute Gasteiger partial charge is 0.251 e. The van der Waals surface area contributed by atoms with Gasteiger partial charge >= 0.3 is 0 Å². The maximum atomic E-state index is 13.0. The Balaban J connectivity index is 1.55. The first-order valence-corrected chi connectivity index (χ1v) is 12.0. The maximum Gasteiger partial charge on any atom is 0.251 e. The molecule has 0 spiro atoms. The second kappa shape index (κ2) is 10.9. The molecule has 2 aliphatic rings. The number of hydrogen-bond acceptors (Lipinski definition) is 6. The Labute approximate surface area is 183 Å². The first-order chi connectivity index (χ1) is 14.9. The van der Waals surface area contributed by atoms with E-state index in [-0.39, 0.29) is 29.3 Å². The normalized spacial score (nSPS) is 20.7. The van der Waals surface area contributed by atoms with E-state index in [9.17, 15) is 18.0 Å². The Hall–Kier alpha value is -2.27. The van der Waals surface area contributed by atoms with Crippen LogP contribution < -0.4 is 10.6 Å². The minimum atomic E-state index is -3.71. The highest BCUT2D eigenvalue weighted by molar-refractivity contribution is 7.89. The van der Waals surface area contributed by atoms with E-state index in [0.717, 1.165) is 26.1 Å². The highest BCUT2D eigenvalue weighted by Crippen LogP contribution is 2.21. The van der Waals surface area contributed by atoms with Crippen LogP contribution in [0.5, 0.6) is 0 Å². The van der Waals surface area contributed by atoms with Crippen molar-refractivity contribution < 1.29 is 22.7 Å². The fourth-order valence-electron chi connectivity index (χ4n) is 3.72. The Morgan fingerprint density at radius 3 is 2.55 bits per heavy atom. The van der Waals surface area contributed by atoms with Gasteiger partial charge in [0.1, 0.15) is 0 Å². The fourth-order valence-corrected chi connectivity index (χ4v) is 5.24. The highest BCUT2D eigenvalue weighted by Gasteiger charge is 2.30. The van der Waals surface area contributed by atoms with Crippen molar-refractivity contribution in [2.75, 3.05) is 52.5 Å². The van der Waals surface area contributed by atoms with Gasteiger partial charge in [0.25, 0.3) is 5.91 Å². The van der Waals surface area contributed by atoms with Crippen molar-refractivity contribution in [2.24, 2.45) is 0 Å². The molecule has 0 unspecified atom stereocenters. The van der Waals surface area contributed by atoms with Gasteiger partial charge in [-0.25, -0.2) is 8.42 Å². The highest BCUT2D eigenvalue weighted by atomic mass is 32.2. The van der Waals surface area contributed by atoms with E-state index in [1.54, 1.807) is 0 Å². The molecule has 0 bridgehead atoms. The molecule has 1 aromatic rings. The number of piperidine rings is 1. The van der Waals surface area contributed by atoms with E-state index in [1.807, 2.05) is 0 Å². The van der Waals surface area contributed by atoms with Crippen molar-refractivity contribution in [3.05, 3.63) is 42.5 Å². The van der Waals surface area contributed by atoms with Gasteiger partial charge in [-0.05, 0) is 43.2 Å². The van der Waals surface area contributed by atoms with Gasteiger partial charge in [0.05, 0.1) is 18.1 Å². The lowest BCUT2D eigenvalue weighted by molar-refractivity contribution is -0.117. The van der Waals surface area contributed by atoms with Crippen LogP contribution >= 0.6 is 0 Å². The number of hydrogen-bond donors (Lipinski definition) is 2. The van der Waals surface area contributed by atoms with Crippen molar-refractivity contribution >= 4 is 21.8 Å². The van der Waals surface area contributed by atoms with Gasteiger partial charge < -0.3 is 15.4 Å². The quantitative estimate of drug-likeness (QED) is 0.548. The summed E-state index contributed by atoms with van der Waals surface area (Å²) < 4.78 is 32.7. The zero-order valence-electron chi connectivity index (χ0n) is 17.6. The van der Waals surface area contributed by atoms with E-state index >= 15 is 0 Å². The first kappa shape index (κ1) is 23.4. The third-order valence-electron chi connectivity index (χ3n) is 5.49. The van der Waals surface area contributed by atoms with E-state index < -0.39 is 10.0 Å². The molecule has 10 heteroatoms. The minimum absolute atomic E-state index is 0.132. The number of carbonyl (C=O) groups excluding carboxylic acids is 2. The van der Waals surface area contributed by atoms with Crippen LogP contribution in [0, 0.1) is 0 Å². The van der Waals surface area contributed by atoms with Gasteiger partial charge in [-0.1, -0.05) is 6.58 Å². The Morgan fingerprint density at radius 1 is 1.16 bits per heavy atom. The number of ether oxygens (including phenoxy) is 1. The van der Waals surface area contributed by atoms with E-state index in [4.69, 9.17) is 4.74 Å². The van der Waals surface area contributed by atoms with Crippen LogP contribution in [0.3, 0.4) is 0 Å². The van der Waals surface area contributed by atoms with Crippen molar-refractivity contribution in [2.45, 2.75) is 23.8 Å². The zero-order chi connectivity index (χ0) is 22.3. The van der Waals surface area contributed by atoms with Crippen LogP contribution in [0.2, 0.25) is 0 Å². The summed E-state index contributed by atoms with van der Waals surface area (Å²) in [7, 11) is -3.71. The molecule has 1 atom stereocenters. The maximum absolute atomic E-state index is 13.0. The van der Waals surface area contributed by atoms with Crippen molar-refractivity contribution in [1.82, 2.24) is 19.8 Å². The third-order valence-corrected chi connectivity index (χ3v) is 7.37. The lowest BCUT2D eigenvalue weighted by Crippen LogP contribution is -2.49. The van der Waals surface area contributed by atoms with Crippen LogP contribution in [0.25, 0.3) is 0 Å². The predicted molar refractivity (Wildman–Crippen MR) is 116 cm³/mol. The molecule has 2 amide bonds. The lowest BCUT2D eigenvalue weighted by atomic mass is 10.1. The monoisotopic (exact) mass is 450 g/mol. The molecular weight excluding hydrogens is 420 g/mol. The second-order valence-corrected chi connectivity index (χ2v) is 9.59. The molecule has 2 aliphatic heterocycles. The summed E-state index contributed by atoms with van der Waals surface area (Å²) in [5.41, 5.74) is 0.413. The molecule has 9 nitrogen and oxygen atoms in total. The molecule has 2 saturated heterocycles. The van der Waals surface area contributed by atoms with Crippen molar-refractivity contribution in [1.29, 1.82) is 0 Å². The van der Waals surface area contributed by atoms with Crippen LogP contribution in [0.4, 0.5) is 0 Å². The molecule has 31 heavy (non-hydrogen) atoms. The second-order valence-electron chi connectivity index (χ2n) is 7.65. The fraction of sp³-hybridized carbons (Fsp3) is 0.524. The minimum Gasteiger partial charge on any atom is -0.379 e. The number of amides is 2. The van der Waals surface area contributed by atoms with Crippen LogP contribution in [-0.2, 0) is 19.6 Å². The van der Waals surface area contributed by atoms with Crippen molar-refractivity contribution in [3.63, 3.8) is 0 Å². The van der Waals surface area contributed by atoms with Crippen LogP contribution in [-0.4, -0.2) is 88.0 Å². The zero-order valence-corrected chi connectivity index (χ0v) is 18.4. The van der Waals surface area contributed by atoms with Crippen molar-refractivity contribution in [3.8, 4) is 0 Å². The number of rotatable bonds is 8. The van der Waals surface area contributed by atoms with Gasteiger partial charge in [-0.15, -0.1) is 0 Å². The lowest BCUT2D eigenvalue weighted by Gasteiger charge is -2.32. The number of carbonyl (C=O) groups is 2. The Kier molecular flexibility index (Phi) is 8.19. The molecule has 0 saturated carbocycles. The summed E-state index contributed by atoms with van der Waals surface area (Å²) in [5, 5.41) is 5.63. The molecule has 0 aromatic heterocycles. The topological polar surface area (TPSA) is 108 Å². The summed E-state index contributed by atoms with van der Waals surface area (Å²) in [5.74, 6) is -0.546. The average Bonchev–Trinajstić information content (AvgIpc) is 2.80. The summed E-state index contributed by atoms with van der Waals surface area (Å²) in [4.78, 5) is 26.2. The van der Waals surface area contributed by atoms with E-state index in [0.29, 0.717) is 38.3 Å². The molecule has 2 heterocycles. The molecule has 0 radical (unpaired) electrons. The van der Waals surface area contributed by atoms with Gasteiger partial charge in [0.15, 0.2) is 0 Å². The first-order valence-electron chi connectivity index (χ1n) is 10.5. The number of nitrogens with one attached hydrogen (secondary N) is 2. The number of benzene rings is 1. The third kappa shape index (κ3) is 6.36. The van der Waals surface area contributed by atoms with Gasteiger partial charge in [-0.3, -0.25) is 14.5 Å². The molecule has 1 aromatic carbocycles. The number of morpholine rings is 1. The molecular formula is C21H30N4O5S. The standard InChI is InChI=1S/C21H30N4O5S/c1-2-20(26)23-18-4-3-10-25(16-18)31(28,29)19-7-5-17(6-8-19)21(27)22-9-11-24-12-14-30-15-13-24/h2,5-8,18H,1,3-4,9-16H2,(H,22,27)(H,23,26)/t18-/m0/s1. The molecule has 3 rings (SSSR count). The molecule has 2 fully saturated rings. The Bertz CT molecular complexity index is 882. The Morgan fingerprint density at radius 2 is 1.87 bits per heavy atom. The van der Waals surface area contributed by atoms with Gasteiger partial charge in [-0.2, -0.15) is 4.31 Å². The van der Waals surface area contributed by atoms with E-state index in [1.165, 1.54) is 34.6 Å². The summed E-state index contributed by atoms with van der Waals surface area (Å²) in [6.07, 6.45) is 2.55. The SMILES string of the molecule is C=CC(=O)N[C@H]1CCCN(S(=O)(=O)c2ccc(C(=O)NCCN3CCOCC3)cc2)C1. The summed E-state index contributed by atoms with van der Waals surface area (Å²) >= 11 is 0. The number of sulfonamides is 1. The largest absolute Gasteiger partial charge is 0.379 e. The average molecular weight is 451 g/mol. The molecule has 170 valence electrons. The summed E-state index contributed by atoms with van der Waals surface area (Å²) in [6, 6.07) is 5.72. The van der Waals surface area contributed by atoms with Crippen LogP contribution in [0.15, 0.2) is 41.8 Å².